The Morgan fingerprint density at radius 2 is 2.14 bits per heavy atom. The molecule has 2 rings (SSSR count). The lowest BCUT2D eigenvalue weighted by Gasteiger charge is -2.29. The monoisotopic (exact) mass is 309 g/mol. The van der Waals surface area contributed by atoms with E-state index >= 15 is 0 Å². The molecule has 1 fully saturated rings. The van der Waals surface area contributed by atoms with Crippen molar-refractivity contribution in [2.24, 2.45) is 11.8 Å². The van der Waals surface area contributed by atoms with E-state index < -0.39 is 10.8 Å². The first-order valence-electron chi connectivity index (χ1n) is 7.31. The number of ether oxygens (including phenoxy) is 1. The highest BCUT2D eigenvalue weighted by Crippen LogP contribution is 2.23. The summed E-state index contributed by atoms with van der Waals surface area (Å²) in [5.74, 6) is 0.690. The summed E-state index contributed by atoms with van der Waals surface area (Å²) in [6.07, 6.45) is 2.42. The highest BCUT2D eigenvalue weighted by molar-refractivity contribution is 7.84. The summed E-state index contributed by atoms with van der Waals surface area (Å²) in [5, 5.41) is 3.08. The molecule has 4 unspecified atom stereocenters. The van der Waals surface area contributed by atoms with Crippen LogP contribution >= 0.6 is 0 Å². The third-order valence-corrected chi connectivity index (χ3v) is 4.70. The molecule has 1 aliphatic rings. The van der Waals surface area contributed by atoms with Gasteiger partial charge in [0.05, 0.1) is 6.04 Å². The maximum absolute atomic E-state index is 12.5. The molecule has 0 radical (unpaired) electrons. The van der Waals surface area contributed by atoms with Crippen LogP contribution in [0, 0.1) is 11.8 Å². The smallest absolute Gasteiger partial charge is 0.224 e. The Morgan fingerprint density at radius 1 is 1.43 bits per heavy atom. The standard InChI is InChI=1S/C16H23NO3S/c1-12-10-20-9-8-14(12)16(18)17-15(11-21(2)19)13-6-4-3-5-7-13/h3-7,12,14-15H,8-11H2,1-2H3,(H,17,18). The lowest BCUT2D eigenvalue weighted by molar-refractivity contribution is -0.131. The Kier molecular flexibility index (Phi) is 5.94. The second-order valence-electron chi connectivity index (χ2n) is 5.66. The fourth-order valence-corrected chi connectivity index (χ4v) is 3.43. The molecular weight excluding hydrogens is 286 g/mol. The predicted molar refractivity (Wildman–Crippen MR) is 84.3 cm³/mol. The first-order valence-corrected chi connectivity index (χ1v) is 9.03. The summed E-state index contributed by atoms with van der Waals surface area (Å²) >= 11 is 0. The number of hydrogen-bond donors (Lipinski definition) is 1. The molecule has 0 aromatic heterocycles. The van der Waals surface area contributed by atoms with E-state index in [1.54, 1.807) is 6.26 Å². The number of carbonyl (C=O) groups is 1. The highest BCUT2D eigenvalue weighted by Gasteiger charge is 2.30. The number of amides is 1. The van der Waals surface area contributed by atoms with E-state index in [-0.39, 0.29) is 23.8 Å². The van der Waals surface area contributed by atoms with Gasteiger partial charge in [0.1, 0.15) is 0 Å². The number of carbonyl (C=O) groups excluding carboxylic acids is 1. The Hall–Kier alpha value is -1.20. The van der Waals surface area contributed by atoms with Crippen LogP contribution in [0.2, 0.25) is 0 Å². The molecule has 5 heteroatoms. The third-order valence-electron chi connectivity index (χ3n) is 3.90. The molecule has 1 heterocycles. The Bertz CT molecular complexity index is 492. The zero-order valence-electron chi connectivity index (χ0n) is 12.6. The van der Waals surface area contributed by atoms with Crippen LogP contribution in [0.15, 0.2) is 30.3 Å². The summed E-state index contributed by atoms with van der Waals surface area (Å²) in [6.45, 7) is 3.31. The number of nitrogens with one attached hydrogen (secondary N) is 1. The second kappa shape index (κ2) is 7.71. The van der Waals surface area contributed by atoms with Crippen molar-refractivity contribution < 1.29 is 13.7 Å². The largest absolute Gasteiger partial charge is 0.381 e. The quantitative estimate of drug-likeness (QED) is 0.904. The van der Waals surface area contributed by atoms with Crippen LogP contribution in [0.5, 0.6) is 0 Å². The van der Waals surface area contributed by atoms with Crippen LogP contribution in [-0.4, -0.2) is 35.3 Å². The highest BCUT2D eigenvalue weighted by atomic mass is 32.2. The van der Waals surface area contributed by atoms with Gasteiger partial charge in [-0.2, -0.15) is 0 Å². The van der Waals surface area contributed by atoms with Gasteiger partial charge in [-0.1, -0.05) is 37.3 Å². The molecule has 21 heavy (non-hydrogen) atoms. The van der Waals surface area contributed by atoms with Crippen molar-refractivity contribution in [3.8, 4) is 0 Å². The minimum Gasteiger partial charge on any atom is -0.381 e. The zero-order chi connectivity index (χ0) is 15.2. The Balaban J connectivity index is 2.07. The molecular formula is C16H23NO3S. The summed E-state index contributed by atoms with van der Waals surface area (Å²) in [6, 6.07) is 9.54. The lowest BCUT2D eigenvalue weighted by atomic mass is 9.89. The normalized spacial score (nSPS) is 25.0. The Morgan fingerprint density at radius 3 is 2.76 bits per heavy atom. The minimum absolute atomic E-state index is 0.0183. The fraction of sp³-hybridized carbons (Fsp3) is 0.562. The van der Waals surface area contributed by atoms with Crippen molar-refractivity contribution in [2.75, 3.05) is 25.2 Å². The first kappa shape index (κ1) is 16.2. The van der Waals surface area contributed by atoms with E-state index in [1.165, 1.54) is 0 Å². The maximum Gasteiger partial charge on any atom is 0.224 e. The first-order chi connectivity index (χ1) is 10.1. The van der Waals surface area contributed by atoms with Crippen LogP contribution in [0.25, 0.3) is 0 Å². The van der Waals surface area contributed by atoms with Gasteiger partial charge in [0.15, 0.2) is 0 Å². The van der Waals surface area contributed by atoms with Gasteiger partial charge in [0, 0.05) is 41.9 Å². The van der Waals surface area contributed by atoms with E-state index in [2.05, 4.69) is 5.32 Å². The van der Waals surface area contributed by atoms with Crippen molar-refractivity contribution in [2.45, 2.75) is 19.4 Å². The summed E-state index contributed by atoms with van der Waals surface area (Å²) in [4.78, 5) is 12.5. The predicted octanol–water partition coefficient (Wildman–Crippen LogP) is 1.89. The molecule has 0 spiro atoms. The molecule has 1 aromatic carbocycles. The van der Waals surface area contributed by atoms with Crippen molar-refractivity contribution >= 4 is 16.7 Å². The second-order valence-corrected chi connectivity index (χ2v) is 7.14. The van der Waals surface area contributed by atoms with Crippen molar-refractivity contribution in [3.63, 3.8) is 0 Å². The van der Waals surface area contributed by atoms with Gasteiger partial charge < -0.3 is 10.1 Å². The SMILES string of the molecule is CC1COCCC1C(=O)NC(CS(C)=O)c1ccccc1. The molecule has 1 aromatic rings. The molecule has 1 N–H and O–H groups in total. The zero-order valence-corrected chi connectivity index (χ0v) is 13.4. The van der Waals surface area contributed by atoms with Gasteiger partial charge in [0.25, 0.3) is 0 Å². The molecule has 0 aliphatic carbocycles. The van der Waals surface area contributed by atoms with Gasteiger partial charge in [-0.25, -0.2) is 0 Å². The van der Waals surface area contributed by atoms with Crippen LogP contribution < -0.4 is 5.32 Å². The number of benzene rings is 1. The van der Waals surface area contributed by atoms with Crippen molar-refractivity contribution in [3.05, 3.63) is 35.9 Å². The van der Waals surface area contributed by atoms with E-state index in [9.17, 15) is 9.00 Å². The van der Waals surface area contributed by atoms with Crippen molar-refractivity contribution in [1.29, 1.82) is 0 Å². The number of hydrogen-bond acceptors (Lipinski definition) is 3. The van der Waals surface area contributed by atoms with Gasteiger partial charge in [-0.15, -0.1) is 0 Å². The van der Waals surface area contributed by atoms with Gasteiger partial charge in [-0.05, 0) is 17.9 Å². The molecule has 0 bridgehead atoms. The van der Waals surface area contributed by atoms with Crippen molar-refractivity contribution in [1.82, 2.24) is 5.32 Å². The molecule has 4 atom stereocenters. The van der Waals surface area contributed by atoms with Gasteiger partial charge in [-0.3, -0.25) is 9.00 Å². The number of rotatable bonds is 5. The van der Waals surface area contributed by atoms with Crippen LogP contribution in [0.3, 0.4) is 0 Å². The Labute approximate surface area is 128 Å². The van der Waals surface area contributed by atoms with Gasteiger partial charge in [0.2, 0.25) is 5.91 Å². The molecule has 1 saturated heterocycles. The average molecular weight is 309 g/mol. The van der Waals surface area contributed by atoms with Gasteiger partial charge >= 0.3 is 0 Å². The average Bonchev–Trinajstić information content (AvgIpc) is 2.47. The minimum atomic E-state index is -0.966. The van der Waals surface area contributed by atoms with Crippen LogP contribution in [-0.2, 0) is 20.3 Å². The molecule has 1 aliphatic heterocycles. The molecule has 1 amide bonds. The molecule has 4 nitrogen and oxygen atoms in total. The maximum atomic E-state index is 12.5. The van der Waals surface area contributed by atoms with E-state index in [4.69, 9.17) is 4.74 Å². The van der Waals surface area contributed by atoms with E-state index in [0.29, 0.717) is 19.0 Å². The van der Waals surface area contributed by atoms with Crippen LogP contribution in [0.1, 0.15) is 24.9 Å². The summed E-state index contributed by atoms with van der Waals surface area (Å²) in [7, 11) is -0.966. The van der Waals surface area contributed by atoms with E-state index in [0.717, 1.165) is 12.0 Å². The summed E-state index contributed by atoms with van der Waals surface area (Å²) in [5.41, 5.74) is 1.00. The lowest BCUT2D eigenvalue weighted by Crippen LogP contribution is -2.41. The summed E-state index contributed by atoms with van der Waals surface area (Å²) < 4.78 is 17.0. The van der Waals surface area contributed by atoms with E-state index in [1.807, 2.05) is 37.3 Å². The molecule has 116 valence electrons. The topological polar surface area (TPSA) is 55.4 Å². The third kappa shape index (κ3) is 4.64. The molecule has 0 saturated carbocycles. The fourth-order valence-electron chi connectivity index (χ4n) is 2.69. The van der Waals surface area contributed by atoms with Crippen LogP contribution in [0.4, 0.5) is 0 Å².